The highest BCUT2D eigenvalue weighted by molar-refractivity contribution is 5.30. The summed E-state index contributed by atoms with van der Waals surface area (Å²) >= 11 is 0. The van der Waals surface area contributed by atoms with Crippen molar-refractivity contribution in [2.45, 2.75) is 50.9 Å². The SMILES string of the molecule is COc1ccc([C@@H]2OC[C@@H]3C[C@@H]4C[C@H]2[C@@]3(C)OC4(C)C)cc1. The van der Waals surface area contributed by atoms with Crippen LogP contribution in [0.5, 0.6) is 5.75 Å². The number of methoxy groups -OCH3 is 1. The van der Waals surface area contributed by atoms with Crippen LogP contribution in [0.4, 0.5) is 0 Å². The zero-order valence-corrected chi connectivity index (χ0v) is 14.0. The minimum Gasteiger partial charge on any atom is -0.497 e. The second-order valence-corrected chi connectivity index (χ2v) is 7.89. The zero-order valence-electron chi connectivity index (χ0n) is 14.0. The van der Waals surface area contributed by atoms with Crippen molar-refractivity contribution in [1.29, 1.82) is 0 Å². The molecule has 1 aliphatic carbocycles. The van der Waals surface area contributed by atoms with E-state index in [4.69, 9.17) is 14.2 Å². The molecular weight excluding hydrogens is 276 g/mol. The van der Waals surface area contributed by atoms with Crippen molar-refractivity contribution in [3.63, 3.8) is 0 Å². The highest BCUT2D eigenvalue weighted by Crippen LogP contribution is 2.61. The number of fused-ring (bicyclic) bond motifs is 1. The summed E-state index contributed by atoms with van der Waals surface area (Å²) < 4.78 is 18.2. The van der Waals surface area contributed by atoms with Gasteiger partial charge in [-0.2, -0.15) is 0 Å². The molecule has 0 aromatic heterocycles. The lowest BCUT2D eigenvalue weighted by molar-refractivity contribution is -0.331. The Labute approximate surface area is 132 Å². The van der Waals surface area contributed by atoms with Crippen LogP contribution in [0, 0.1) is 17.8 Å². The molecule has 4 aliphatic rings. The summed E-state index contributed by atoms with van der Waals surface area (Å²) in [6, 6.07) is 8.33. The molecule has 1 aromatic rings. The topological polar surface area (TPSA) is 27.7 Å². The number of hydrogen-bond acceptors (Lipinski definition) is 3. The van der Waals surface area contributed by atoms with Crippen molar-refractivity contribution < 1.29 is 14.2 Å². The maximum atomic E-state index is 6.62. The summed E-state index contributed by atoms with van der Waals surface area (Å²) in [7, 11) is 1.70. The van der Waals surface area contributed by atoms with E-state index in [1.807, 2.05) is 12.1 Å². The van der Waals surface area contributed by atoms with Crippen LogP contribution in [0.2, 0.25) is 0 Å². The fourth-order valence-electron chi connectivity index (χ4n) is 5.01. The van der Waals surface area contributed by atoms with E-state index in [-0.39, 0.29) is 17.3 Å². The van der Waals surface area contributed by atoms with E-state index in [1.165, 1.54) is 18.4 Å². The van der Waals surface area contributed by atoms with Crippen LogP contribution in [0.25, 0.3) is 0 Å². The smallest absolute Gasteiger partial charge is 0.118 e. The lowest BCUT2D eigenvalue weighted by Crippen LogP contribution is -2.67. The Kier molecular flexibility index (Phi) is 3.11. The Balaban J connectivity index is 1.66. The molecule has 3 nitrogen and oxygen atoms in total. The van der Waals surface area contributed by atoms with E-state index < -0.39 is 0 Å². The molecule has 120 valence electrons. The normalized spacial score (nSPS) is 42.2. The number of rotatable bonds is 2. The summed E-state index contributed by atoms with van der Waals surface area (Å²) in [4.78, 5) is 0. The molecule has 1 aromatic carbocycles. The third kappa shape index (κ3) is 1.95. The van der Waals surface area contributed by atoms with E-state index >= 15 is 0 Å². The van der Waals surface area contributed by atoms with E-state index in [0.29, 0.717) is 17.8 Å². The predicted molar refractivity (Wildman–Crippen MR) is 85.0 cm³/mol. The second kappa shape index (κ2) is 4.72. The highest BCUT2D eigenvalue weighted by Gasteiger charge is 2.62. The van der Waals surface area contributed by atoms with Gasteiger partial charge in [0.15, 0.2) is 0 Å². The Hall–Kier alpha value is -1.06. The molecule has 4 fully saturated rings. The van der Waals surface area contributed by atoms with Gasteiger partial charge in [-0.15, -0.1) is 0 Å². The Bertz CT molecular complexity index is 565. The molecule has 3 aliphatic heterocycles. The van der Waals surface area contributed by atoms with Crippen LogP contribution < -0.4 is 4.74 Å². The molecule has 22 heavy (non-hydrogen) atoms. The Morgan fingerprint density at radius 3 is 2.45 bits per heavy atom. The summed E-state index contributed by atoms with van der Waals surface area (Å²) in [6.45, 7) is 7.65. The molecule has 5 rings (SSSR count). The molecule has 3 heteroatoms. The van der Waals surface area contributed by atoms with E-state index in [1.54, 1.807) is 7.11 Å². The maximum absolute atomic E-state index is 6.62. The van der Waals surface area contributed by atoms with E-state index in [9.17, 15) is 0 Å². The molecule has 4 bridgehead atoms. The van der Waals surface area contributed by atoms with Gasteiger partial charge in [-0.05, 0) is 57.2 Å². The van der Waals surface area contributed by atoms with Crippen LogP contribution in [-0.4, -0.2) is 24.9 Å². The van der Waals surface area contributed by atoms with E-state index in [0.717, 1.165) is 12.4 Å². The van der Waals surface area contributed by atoms with Crippen LogP contribution >= 0.6 is 0 Å². The first-order valence-electron chi connectivity index (χ1n) is 8.40. The summed E-state index contributed by atoms with van der Waals surface area (Å²) in [5, 5.41) is 0. The van der Waals surface area contributed by atoms with Crippen molar-refractivity contribution in [3.8, 4) is 5.75 Å². The second-order valence-electron chi connectivity index (χ2n) is 7.89. The molecule has 0 radical (unpaired) electrons. The number of benzene rings is 1. The number of hydrogen-bond donors (Lipinski definition) is 0. The Morgan fingerprint density at radius 2 is 1.77 bits per heavy atom. The fourth-order valence-corrected chi connectivity index (χ4v) is 5.01. The van der Waals surface area contributed by atoms with Crippen molar-refractivity contribution in [2.24, 2.45) is 17.8 Å². The minimum absolute atomic E-state index is 0.00352. The third-order valence-electron chi connectivity index (χ3n) is 6.41. The first-order valence-corrected chi connectivity index (χ1v) is 8.40. The summed E-state index contributed by atoms with van der Waals surface area (Å²) in [6.07, 6.45) is 2.59. The molecule has 0 N–H and O–H groups in total. The molecule has 0 unspecified atom stereocenters. The fraction of sp³-hybridized carbons (Fsp3) is 0.684. The van der Waals surface area contributed by atoms with Crippen LogP contribution in [-0.2, 0) is 9.47 Å². The lowest BCUT2D eigenvalue weighted by atomic mass is 9.55. The third-order valence-corrected chi connectivity index (χ3v) is 6.41. The Morgan fingerprint density at radius 1 is 1.05 bits per heavy atom. The molecule has 5 atom stereocenters. The summed E-state index contributed by atoms with van der Waals surface area (Å²) in [5.74, 6) is 2.53. The quantitative estimate of drug-likeness (QED) is 0.827. The van der Waals surface area contributed by atoms with Crippen LogP contribution in [0.3, 0.4) is 0 Å². The first kappa shape index (κ1) is 14.5. The van der Waals surface area contributed by atoms with Gasteiger partial charge in [-0.25, -0.2) is 0 Å². The van der Waals surface area contributed by atoms with Gasteiger partial charge in [0.05, 0.1) is 31.0 Å². The van der Waals surface area contributed by atoms with Gasteiger partial charge in [0.2, 0.25) is 0 Å². The standard InChI is InChI=1S/C19H26O3/c1-18(2)13-9-14-11-21-17(16(10-13)19(14,3)22-18)12-5-7-15(20-4)8-6-12/h5-8,13-14,16-17H,9-11H2,1-4H3/t13-,14+,16-,17+,19+/m1/s1. The largest absolute Gasteiger partial charge is 0.497 e. The van der Waals surface area contributed by atoms with Crippen molar-refractivity contribution >= 4 is 0 Å². The number of ether oxygens (including phenoxy) is 3. The van der Waals surface area contributed by atoms with Crippen molar-refractivity contribution in [1.82, 2.24) is 0 Å². The molecule has 0 amide bonds. The van der Waals surface area contributed by atoms with Gasteiger partial charge >= 0.3 is 0 Å². The minimum atomic E-state index is -0.0545. The zero-order chi connectivity index (χ0) is 15.5. The first-order chi connectivity index (χ1) is 10.4. The van der Waals surface area contributed by atoms with Gasteiger partial charge in [0.1, 0.15) is 5.75 Å². The van der Waals surface area contributed by atoms with Gasteiger partial charge in [-0.3, -0.25) is 0 Å². The van der Waals surface area contributed by atoms with Gasteiger partial charge in [0, 0.05) is 11.8 Å². The van der Waals surface area contributed by atoms with Crippen molar-refractivity contribution in [3.05, 3.63) is 29.8 Å². The maximum Gasteiger partial charge on any atom is 0.118 e. The van der Waals surface area contributed by atoms with Crippen molar-refractivity contribution in [2.75, 3.05) is 13.7 Å². The molecule has 0 spiro atoms. The molecular formula is C19H26O3. The monoisotopic (exact) mass is 302 g/mol. The average Bonchev–Trinajstić information content (AvgIpc) is 2.45. The lowest BCUT2D eigenvalue weighted by Gasteiger charge is -2.65. The predicted octanol–water partition coefficient (Wildman–Crippen LogP) is 3.98. The van der Waals surface area contributed by atoms with Gasteiger partial charge < -0.3 is 14.2 Å². The van der Waals surface area contributed by atoms with Gasteiger partial charge in [-0.1, -0.05) is 12.1 Å². The van der Waals surface area contributed by atoms with E-state index in [2.05, 4.69) is 32.9 Å². The molecule has 1 saturated carbocycles. The molecule has 3 saturated heterocycles. The molecule has 3 heterocycles. The van der Waals surface area contributed by atoms with Gasteiger partial charge in [0.25, 0.3) is 0 Å². The average molecular weight is 302 g/mol. The highest BCUT2D eigenvalue weighted by atomic mass is 16.5. The summed E-state index contributed by atoms with van der Waals surface area (Å²) in [5.41, 5.74) is 1.20. The van der Waals surface area contributed by atoms with Crippen LogP contribution in [0.1, 0.15) is 45.3 Å². The van der Waals surface area contributed by atoms with Crippen LogP contribution in [0.15, 0.2) is 24.3 Å².